The van der Waals surface area contributed by atoms with Crippen LogP contribution in [-0.2, 0) is 9.59 Å². The molecule has 0 aromatic heterocycles. The highest BCUT2D eigenvalue weighted by molar-refractivity contribution is 6.00. The number of nitrogens with one attached hydrogen (secondary N) is 1. The lowest BCUT2D eigenvalue weighted by molar-refractivity contribution is -0.141. The van der Waals surface area contributed by atoms with Crippen LogP contribution in [0.1, 0.15) is 48.0 Å². The van der Waals surface area contributed by atoms with Crippen LogP contribution in [0.25, 0.3) is 0 Å². The first-order valence-corrected chi connectivity index (χ1v) is 8.90. The number of hydrogen-bond donors (Lipinski definition) is 2. The molecule has 2 aliphatic rings. The summed E-state index contributed by atoms with van der Waals surface area (Å²) in [6.07, 6.45) is 3.59. The molecule has 1 aromatic rings. The first-order valence-electron chi connectivity index (χ1n) is 8.90. The van der Waals surface area contributed by atoms with Crippen molar-refractivity contribution in [3.63, 3.8) is 0 Å². The van der Waals surface area contributed by atoms with Gasteiger partial charge in [0.05, 0.1) is 5.92 Å². The van der Waals surface area contributed by atoms with Crippen LogP contribution in [-0.4, -0.2) is 40.9 Å². The molecular formula is C19H24N2O4. The predicted molar refractivity (Wildman–Crippen MR) is 93.4 cm³/mol. The number of rotatable bonds is 4. The molecule has 0 bridgehead atoms. The topological polar surface area (TPSA) is 86.7 Å². The molecule has 6 heteroatoms. The number of nitrogens with zero attached hydrogens (tertiary/aromatic N) is 1. The summed E-state index contributed by atoms with van der Waals surface area (Å²) in [5.41, 5.74) is 2.02. The molecule has 25 heavy (non-hydrogen) atoms. The summed E-state index contributed by atoms with van der Waals surface area (Å²) in [6.45, 7) is 3.41. The van der Waals surface area contributed by atoms with Crippen molar-refractivity contribution in [3.05, 3.63) is 29.3 Å². The number of carboxylic acid groups (broad SMARTS) is 1. The van der Waals surface area contributed by atoms with Crippen molar-refractivity contribution < 1.29 is 19.5 Å². The quantitative estimate of drug-likeness (QED) is 0.879. The Balaban J connectivity index is 1.70. The molecule has 1 aromatic carbocycles. The molecule has 6 nitrogen and oxygen atoms in total. The lowest BCUT2D eigenvalue weighted by Crippen LogP contribution is -2.28. The largest absolute Gasteiger partial charge is 0.481 e. The van der Waals surface area contributed by atoms with Gasteiger partial charge in [-0.25, -0.2) is 0 Å². The molecule has 1 saturated heterocycles. The van der Waals surface area contributed by atoms with Crippen LogP contribution in [0, 0.1) is 18.8 Å². The van der Waals surface area contributed by atoms with Crippen molar-refractivity contribution >= 4 is 23.5 Å². The normalized spacial score (nSPS) is 22.8. The average molecular weight is 344 g/mol. The summed E-state index contributed by atoms with van der Waals surface area (Å²) < 4.78 is 0. The van der Waals surface area contributed by atoms with E-state index in [1.165, 1.54) is 0 Å². The summed E-state index contributed by atoms with van der Waals surface area (Å²) in [7, 11) is 0. The molecule has 1 aliphatic heterocycles. The maximum Gasteiger partial charge on any atom is 0.306 e. The maximum atomic E-state index is 12.6. The van der Waals surface area contributed by atoms with Crippen LogP contribution >= 0.6 is 0 Å². The summed E-state index contributed by atoms with van der Waals surface area (Å²) in [4.78, 5) is 38.0. The fraction of sp³-hybridized carbons (Fsp3) is 0.526. The lowest BCUT2D eigenvalue weighted by Gasteiger charge is -2.19. The Morgan fingerprint density at radius 1 is 1.12 bits per heavy atom. The third-order valence-corrected chi connectivity index (χ3v) is 5.37. The van der Waals surface area contributed by atoms with Crippen LogP contribution in [0.5, 0.6) is 0 Å². The predicted octanol–water partition coefficient (Wildman–Crippen LogP) is 2.67. The highest BCUT2D eigenvalue weighted by atomic mass is 16.4. The molecule has 1 aliphatic carbocycles. The zero-order valence-corrected chi connectivity index (χ0v) is 14.5. The van der Waals surface area contributed by atoms with Gasteiger partial charge in [0.15, 0.2) is 0 Å². The number of carbonyl (C=O) groups excluding carboxylic acids is 2. The van der Waals surface area contributed by atoms with Gasteiger partial charge in [-0.2, -0.15) is 0 Å². The Bertz CT molecular complexity index is 695. The van der Waals surface area contributed by atoms with Crippen molar-refractivity contribution in [2.24, 2.45) is 11.8 Å². The van der Waals surface area contributed by atoms with E-state index in [1.807, 2.05) is 11.8 Å². The van der Waals surface area contributed by atoms with E-state index in [-0.39, 0.29) is 17.7 Å². The van der Waals surface area contributed by atoms with Gasteiger partial charge in [-0.1, -0.05) is 6.07 Å². The fourth-order valence-electron chi connectivity index (χ4n) is 3.77. The van der Waals surface area contributed by atoms with E-state index in [0.717, 1.165) is 31.5 Å². The third kappa shape index (κ3) is 3.67. The second-order valence-electron chi connectivity index (χ2n) is 7.01. The smallest absolute Gasteiger partial charge is 0.306 e. The SMILES string of the molecule is Cc1c(NC(=O)[C@@H]2CC[C@H](C(=O)O)C2)cccc1C(=O)N1CCCC1. The number of carboxylic acids is 1. The standard InChI is InChI=1S/C19H24N2O4/c1-12-15(18(23)21-9-2-3-10-21)5-4-6-16(12)20-17(22)13-7-8-14(11-13)19(24)25/h4-6,13-14H,2-3,7-11H2,1H3,(H,20,22)(H,24,25)/t13-,14+/m1/s1. The molecule has 2 fully saturated rings. The minimum Gasteiger partial charge on any atom is -0.481 e. The van der Waals surface area contributed by atoms with Gasteiger partial charge < -0.3 is 15.3 Å². The highest BCUT2D eigenvalue weighted by Gasteiger charge is 2.34. The van der Waals surface area contributed by atoms with Crippen molar-refractivity contribution in [2.45, 2.75) is 39.0 Å². The third-order valence-electron chi connectivity index (χ3n) is 5.37. The molecule has 3 rings (SSSR count). The number of carbonyl (C=O) groups is 3. The number of benzene rings is 1. The zero-order valence-electron chi connectivity index (χ0n) is 14.5. The number of amides is 2. The van der Waals surface area contributed by atoms with Gasteiger partial charge in [0, 0.05) is 30.3 Å². The average Bonchev–Trinajstić information content (AvgIpc) is 3.28. The monoisotopic (exact) mass is 344 g/mol. The van der Waals surface area contributed by atoms with E-state index >= 15 is 0 Å². The van der Waals surface area contributed by atoms with E-state index in [1.54, 1.807) is 18.2 Å². The summed E-state index contributed by atoms with van der Waals surface area (Å²) in [5, 5.41) is 12.0. The molecule has 2 atom stereocenters. The summed E-state index contributed by atoms with van der Waals surface area (Å²) in [5.74, 6) is -1.68. The van der Waals surface area contributed by atoms with E-state index in [2.05, 4.69) is 5.32 Å². The highest BCUT2D eigenvalue weighted by Crippen LogP contribution is 2.32. The fourth-order valence-corrected chi connectivity index (χ4v) is 3.77. The first-order chi connectivity index (χ1) is 12.0. The maximum absolute atomic E-state index is 12.6. The molecule has 0 spiro atoms. The van der Waals surface area contributed by atoms with Gasteiger partial charge in [0.2, 0.25) is 5.91 Å². The Hall–Kier alpha value is -2.37. The van der Waals surface area contributed by atoms with Gasteiger partial charge in [-0.3, -0.25) is 14.4 Å². The Morgan fingerprint density at radius 2 is 1.80 bits per heavy atom. The molecule has 0 unspecified atom stereocenters. The molecule has 1 saturated carbocycles. The van der Waals surface area contributed by atoms with E-state index in [0.29, 0.717) is 30.5 Å². The lowest BCUT2D eigenvalue weighted by atomic mass is 10.0. The second kappa shape index (κ2) is 7.25. The van der Waals surface area contributed by atoms with Crippen LogP contribution in [0.4, 0.5) is 5.69 Å². The zero-order chi connectivity index (χ0) is 18.0. The van der Waals surface area contributed by atoms with Crippen LogP contribution < -0.4 is 5.32 Å². The molecular weight excluding hydrogens is 320 g/mol. The summed E-state index contributed by atoms with van der Waals surface area (Å²) in [6, 6.07) is 5.36. The molecule has 0 radical (unpaired) electrons. The molecule has 134 valence electrons. The second-order valence-corrected chi connectivity index (χ2v) is 7.01. The van der Waals surface area contributed by atoms with Gasteiger partial charge in [0.1, 0.15) is 0 Å². The van der Waals surface area contributed by atoms with E-state index in [4.69, 9.17) is 5.11 Å². The van der Waals surface area contributed by atoms with Crippen LogP contribution in [0.3, 0.4) is 0 Å². The molecule has 1 heterocycles. The van der Waals surface area contributed by atoms with Gasteiger partial charge >= 0.3 is 5.97 Å². The number of anilines is 1. The first kappa shape index (κ1) is 17.5. The Kier molecular flexibility index (Phi) is 5.06. The Labute approximate surface area is 147 Å². The van der Waals surface area contributed by atoms with Crippen molar-refractivity contribution in [3.8, 4) is 0 Å². The number of likely N-dealkylation sites (tertiary alicyclic amines) is 1. The van der Waals surface area contributed by atoms with Crippen molar-refractivity contribution in [1.82, 2.24) is 4.90 Å². The molecule has 2 amide bonds. The molecule has 2 N–H and O–H groups in total. The summed E-state index contributed by atoms with van der Waals surface area (Å²) >= 11 is 0. The number of aliphatic carboxylic acids is 1. The minimum absolute atomic E-state index is 0.0120. The minimum atomic E-state index is -0.829. The van der Waals surface area contributed by atoms with Gasteiger partial charge in [-0.15, -0.1) is 0 Å². The Morgan fingerprint density at radius 3 is 2.44 bits per heavy atom. The van der Waals surface area contributed by atoms with E-state index < -0.39 is 11.9 Å². The van der Waals surface area contributed by atoms with Gasteiger partial charge in [-0.05, 0) is 56.7 Å². The van der Waals surface area contributed by atoms with Crippen molar-refractivity contribution in [2.75, 3.05) is 18.4 Å². The number of hydrogen-bond acceptors (Lipinski definition) is 3. The van der Waals surface area contributed by atoms with E-state index in [9.17, 15) is 14.4 Å². The van der Waals surface area contributed by atoms with Crippen LogP contribution in [0.2, 0.25) is 0 Å². The van der Waals surface area contributed by atoms with Crippen LogP contribution in [0.15, 0.2) is 18.2 Å². The van der Waals surface area contributed by atoms with Gasteiger partial charge in [0.25, 0.3) is 5.91 Å². The van der Waals surface area contributed by atoms with Crippen molar-refractivity contribution in [1.29, 1.82) is 0 Å².